The quantitative estimate of drug-likeness (QED) is 0.486. The van der Waals surface area contributed by atoms with Crippen molar-refractivity contribution < 1.29 is 24.1 Å². The average Bonchev–Trinajstić information content (AvgIpc) is 2.46. The molecule has 1 aromatic carbocycles. The van der Waals surface area contributed by atoms with E-state index in [9.17, 15) is 5.11 Å². The first-order valence-electron chi connectivity index (χ1n) is 6.33. The van der Waals surface area contributed by atoms with Crippen LogP contribution < -0.4 is 0 Å². The Hall–Kier alpha value is -0.980. The predicted octanol–water partition coefficient (Wildman–Crippen LogP) is 1.37. The molecule has 1 atom stereocenters. The highest BCUT2D eigenvalue weighted by molar-refractivity contribution is 5.15. The molecule has 1 rings (SSSR count). The predicted molar refractivity (Wildman–Crippen MR) is 70.9 cm³/mol. The van der Waals surface area contributed by atoms with Gasteiger partial charge in [0.2, 0.25) is 0 Å². The molecule has 0 aliphatic carbocycles. The van der Waals surface area contributed by atoms with Gasteiger partial charge >= 0.3 is 0 Å². The summed E-state index contributed by atoms with van der Waals surface area (Å²) in [4.78, 5) is 0. The summed E-state index contributed by atoms with van der Waals surface area (Å²) in [7, 11) is 1.63. The Balaban J connectivity index is 1.93. The fraction of sp³-hybridized carbons (Fsp3) is 0.571. The Labute approximate surface area is 114 Å². The molecule has 0 aliphatic rings. The standard InChI is InChI=1S/C14H22O5/c1-16-7-8-17-9-10-18-11-12-19-14(15)13-5-3-2-4-6-13/h2-6,14-15H,7-12H2,1H3. The average molecular weight is 270 g/mol. The van der Waals surface area contributed by atoms with E-state index in [0.29, 0.717) is 39.6 Å². The summed E-state index contributed by atoms with van der Waals surface area (Å²) in [5, 5.41) is 9.70. The molecule has 1 aromatic rings. The molecule has 0 aliphatic heterocycles. The number of aliphatic hydroxyl groups excluding tert-OH is 1. The molecular formula is C14H22O5. The van der Waals surface area contributed by atoms with Crippen molar-refractivity contribution in [1.82, 2.24) is 0 Å². The lowest BCUT2D eigenvalue weighted by molar-refractivity contribution is -0.117. The highest BCUT2D eigenvalue weighted by atomic mass is 16.6. The molecule has 0 spiro atoms. The van der Waals surface area contributed by atoms with E-state index < -0.39 is 6.29 Å². The zero-order chi connectivity index (χ0) is 13.8. The summed E-state index contributed by atoms with van der Waals surface area (Å²) in [6, 6.07) is 9.23. The number of methoxy groups -OCH3 is 1. The van der Waals surface area contributed by atoms with E-state index in [1.165, 1.54) is 0 Å². The first kappa shape index (κ1) is 16.1. The van der Waals surface area contributed by atoms with Gasteiger partial charge in [-0.3, -0.25) is 0 Å². The Morgan fingerprint density at radius 3 is 2.11 bits per heavy atom. The van der Waals surface area contributed by atoms with E-state index in [-0.39, 0.29) is 0 Å². The summed E-state index contributed by atoms with van der Waals surface area (Å²) < 4.78 is 20.6. The van der Waals surface area contributed by atoms with Crippen molar-refractivity contribution in [2.24, 2.45) is 0 Å². The van der Waals surface area contributed by atoms with Gasteiger partial charge in [-0.25, -0.2) is 0 Å². The van der Waals surface area contributed by atoms with Crippen molar-refractivity contribution in [3.63, 3.8) is 0 Å². The molecule has 1 N–H and O–H groups in total. The second-order valence-corrected chi connectivity index (χ2v) is 3.85. The molecule has 0 saturated carbocycles. The smallest absolute Gasteiger partial charge is 0.181 e. The van der Waals surface area contributed by atoms with Crippen molar-refractivity contribution >= 4 is 0 Å². The van der Waals surface area contributed by atoms with Crippen LogP contribution in [-0.4, -0.2) is 51.9 Å². The molecule has 0 heterocycles. The molecule has 5 heteroatoms. The highest BCUT2D eigenvalue weighted by Crippen LogP contribution is 2.12. The molecule has 1 unspecified atom stereocenters. The Morgan fingerprint density at radius 2 is 1.47 bits per heavy atom. The van der Waals surface area contributed by atoms with Gasteiger partial charge in [-0.2, -0.15) is 0 Å². The van der Waals surface area contributed by atoms with Gasteiger partial charge in [-0.15, -0.1) is 0 Å². The number of ether oxygens (including phenoxy) is 4. The summed E-state index contributed by atoms with van der Waals surface area (Å²) in [5.74, 6) is 0. The Kier molecular flexibility index (Phi) is 9.22. The lowest BCUT2D eigenvalue weighted by Gasteiger charge is -2.12. The molecule has 0 saturated heterocycles. The van der Waals surface area contributed by atoms with Crippen molar-refractivity contribution in [2.75, 3.05) is 46.8 Å². The monoisotopic (exact) mass is 270 g/mol. The van der Waals surface area contributed by atoms with Crippen LogP contribution in [0.15, 0.2) is 30.3 Å². The van der Waals surface area contributed by atoms with E-state index in [0.717, 1.165) is 5.56 Å². The van der Waals surface area contributed by atoms with Crippen LogP contribution >= 0.6 is 0 Å². The maximum Gasteiger partial charge on any atom is 0.181 e. The molecule has 0 amide bonds. The van der Waals surface area contributed by atoms with E-state index in [1.54, 1.807) is 7.11 Å². The van der Waals surface area contributed by atoms with Gasteiger partial charge in [0.05, 0.1) is 39.6 Å². The molecule has 0 bridgehead atoms. The van der Waals surface area contributed by atoms with E-state index >= 15 is 0 Å². The topological polar surface area (TPSA) is 57.2 Å². The Bertz CT molecular complexity index is 304. The first-order chi connectivity index (χ1) is 9.34. The van der Waals surface area contributed by atoms with Gasteiger partial charge in [0.25, 0.3) is 0 Å². The van der Waals surface area contributed by atoms with Gasteiger partial charge in [0.1, 0.15) is 0 Å². The molecule has 0 aromatic heterocycles. The Morgan fingerprint density at radius 1 is 0.895 bits per heavy atom. The first-order valence-corrected chi connectivity index (χ1v) is 6.33. The second-order valence-electron chi connectivity index (χ2n) is 3.85. The van der Waals surface area contributed by atoms with Gasteiger partial charge < -0.3 is 24.1 Å². The minimum atomic E-state index is -0.900. The fourth-order valence-electron chi connectivity index (χ4n) is 1.40. The minimum absolute atomic E-state index is 0.341. The fourth-order valence-corrected chi connectivity index (χ4v) is 1.40. The molecule has 0 radical (unpaired) electrons. The third kappa shape index (κ3) is 7.92. The van der Waals surface area contributed by atoms with Crippen LogP contribution in [0.1, 0.15) is 11.9 Å². The summed E-state index contributed by atoms with van der Waals surface area (Å²) in [5.41, 5.74) is 0.741. The van der Waals surface area contributed by atoms with Crippen molar-refractivity contribution in [1.29, 1.82) is 0 Å². The van der Waals surface area contributed by atoms with Crippen molar-refractivity contribution in [2.45, 2.75) is 6.29 Å². The molecule has 19 heavy (non-hydrogen) atoms. The summed E-state index contributed by atoms with van der Waals surface area (Å²) in [6.07, 6.45) is -0.900. The summed E-state index contributed by atoms with van der Waals surface area (Å²) in [6.45, 7) is 2.97. The lowest BCUT2D eigenvalue weighted by atomic mass is 10.2. The van der Waals surface area contributed by atoms with E-state index in [1.807, 2.05) is 30.3 Å². The highest BCUT2D eigenvalue weighted by Gasteiger charge is 2.05. The van der Waals surface area contributed by atoms with Crippen LogP contribution in [0.2, 0.25) is 0 Å². The van der Waals surface area contributed by atoms with E-state index in [2.05, 4.69) is 0 Å². The van der Waals surface area contributed by atoms with Gasteiger partial charge in [0, 0.05) is 12.7 Å². The molecule has 108 valence electrons. The van der Waals surface area contributed by atoms with Gasteiger partial charge in [-0.1, -0.05) is 30.3 Å². The van der Waals surface area contributed by atoms with Crippen LogP contribution in [0.5, 0.6) is 0 Å². The SMILES string of the molecule is COCCOCCOCCOC(O)c1ccccc1. The van der Waals surface area contributed by atoms with Crippen molar-refractivity contribution in [3.8, 4) is 0 Å². The zero-order valence-electron chi connectivity index (χ0n) is 11.3. The number of benzene rings is 1. The van der Waals surface area contributed by atoms with Crippen molar-refractivity contribution in [3.05, 3.63) is 35.9 Å². The van der Waals surface area contributed by atoms with Crippen LogP contribution in [0.4, 0.5) is 0 Å². The number of aliphatic hydroxyl groups is 1. The third-order valence-electron chi connectivity index (χ3n) is 2.39. The minimum Gasteiger partial charge on any atom is -0.382 e. The molecule has 0 fully saturated rings. The number of hydrogen-bond acceptors (Lipinski definition) is 5. The van der Waals surface area contributed by atoms with Crippen LogP contribution in [0.25, 0.3) is 0 Å². The zero-order valence-corrected chi connectivity index (χ0v) is 11.3. The van der Waals surface area contributed by atoms with Crippen LogP contribution in [-0.2, 0) is 18.9 Å². The third-order valence-corrected chi connectivity index (χ3v) is 2.39. The molecule has 5 nitrogen and oxygen atoms in total. The maximum atomic E-state index is 9.70. The van der Waals surface area contributed by atoms with E-state index in [4.69, 9.17) is 18.9 Å². The molecular weight excluding hydrogens is 248 g/mol. The number of hydrogen-bond donors (Lipinski definition) is 1. The summed E-state index contributed by atoms with van der Waals surface area (Å²) >= 11 is 0. The van der Waals surface area contributed by atoms with Gasteiger partial charge in [-0.05, 0) is 0 Å². The number of rotatable bonds is 11. The van der Waals surface area contributed by atoms with Gasteiger partial charge in [0.15, 0.2) is 6.29 Å². The van der Waals surface area contributed by atoms with Crippen LogP contribution in [0.3, 0.4) is 0 Å². The second kappa shape index (κ2) is 10.9. The van der Waals surface area contributed by atoms with Crippen LogP contribution in [0, 0.1) is 0 Å². The largest absolute Gasteiger partial charge is 0.382 e. The normalized spacial score (nSPS) is 12.5. The lowest BCUT2D eigenvalue weighted by Crippen LogP contribution is -2.13. The maximum absolute atomic E-state index is 9.70.